The zero-order valence-electron chi connectivity index (χ0n) is 10.9. The number of aromatic nitrogens is 3. The lowest BCUT2D eigenvalue weighted by Gasteiger charge is -2.17. The maximum absolute atomic E-state index is 6.15. The van der Waals surface area contributed by atoms with Gasteiger partial charge >= 0.3 is 0 Å². The van der Waals surface area contributed by atoms with Crippen LogP contribution in [-0.2, 0) is 13.0 Å². The second kappa shape index (κ2) is 6.65. The van der Waals surface area contributed by atoms with Crippen molar-refractivity contribution in [2.24, 2.45) is 5.84 Å². The fourth-order valence-corrected chi connectivity index (χ4v) is 2.34. The number of hydrogen-bond acceptors (Lipinski definition) is 4. The van der Waals surface area contributed by atoms with Crippen molar-refractivity contribution in [3.05, 3.63) is 47.3 Å². The Morgan fingerprint density at radius 1 is 1.47 bits per heavy atom. The lowest BCUT2D eigenvalue weighted by atomic mass is 10.1. The van der Waals surface area contributed by atoms with Crippen LogP contribution in [0.1, 0.15) is 30.8 Å². The molecule has 1 unspecified atom stereocenters. The predicted molar refractivity (Wildman–Crippen MR) is 75.5 cm³/mol. The molecule has 0 aliphatic heterocycles. The molecule has 102 valence electrons. The smallest absolute Gasteiger partial charge is 0.110 e. The summed E-state index contributed by atoms with van der Waals surface area (Å²) in [7, 11) is 0. The lowest BCUT2D eigenvalue weighted by molar-refractivity contribution is 0.517. The monoisotopic (exact) mass is 279 g/mol. The minimum Gasteiger partial charge on any atom is -0.335 e. The molecular weight excluding hydrogens is 262 g/mol. The number of aryl methyl sites for hydroxylation is 1. The van der Waals surface area contributed by atoms with Gasteiger partial charge in [-0.2, -0.15) is 0 Å². The summed E-state index contributed by atoms with van der Waals surface area (Å²) in [5.74, 6) is 6.65. The van der Waals surface area contributed by atoms with Gasteiger partial charge in [0.15, 0.2) is 0 Å². The third kappa shape index (κ3) is 3.32. The molecule has 1 atom stereocenters. The van der Waals surface area contributed by atoms with Gasteiger partial charge in [-0.05, 0) is 18.1 Å². The van der Waals surface area contributed by atoms with Gasteiger partial charge in [0.25, 0.3) is 0 Å². The molecule has 2 heterocycles. The Balaban J connectivity index is 2.19. The van der Waals surface area contributed by atoms with Crippen molar-refractivity contribution >= 4 is 11.6 Å². The minimum atomic E-state index is -0.0755. The highest BCUT2D eigenvalue weighted by molar-refractivity contribution is 6.31. The van der Waals surface area contributed by atoms with E-state index in [9.17, 15) is 0 Å². The summed E-state index contributed by atoms with van der Waals surface area (Å²) in [6.45, 7) is 3.10. The number of hydrazine groups is 1. The van der Waals surface area contributed by atoms with Crippen LogP contribution in [-0.4, -0.2) is 14.5 Å². The molecule has 0 saturated heterocycles. The Kier molecular flexibility index (Phi) is 4.90. The third-order valence-corrected chi connectivity index (χ3v) is 3.35. The first kappa shape index (κ1) is 14.0. The second-order valence-corrected chi connectivity index (χ2v) is 4.76. The molecule has 0 amide bonds. The number of nitrogens with zero attached hydrogens (tertiary/aromatic N) is 3. The third-order valence-electron chi connectivity index (χ3n) is 3.03. The van der Waals surface area contributed by atoms with Crippen LogP contribution < -0.4 is 11.3 Å². The van der Waals surface area contributed by atoms with Crippen LogP contribution in [0.4, 0.5) is 0 Å². The van der Waals surface area contributed by atoms with Crippen molar-refractivity contribution in [1.82, 2.24) is 20.0 Å². The Bertz CT molecular complexity index is 525. The molecule has 2 aromatic heterocycles. The van der Waals surface area contributed by atoms with Gasteiger partial charge in [-0.15, -0.1) is 0 Å². The fraction of sp³-hybridized carbons (Fsp3) is 0.385. The highest BCUT2D eigenvalue weighted by Crippen LogP contribution is 2.23. The van der Waals surface area contributed by atoms with Gasteiger partial charge in [0, 0.05) is 37.8 Å². The van der Waals surface area contributed by atoms with Crippen molar-refractivity contribution in [2.75, 3.05) is 0 Å². The molecule has 0 aliphatic rings. The molecule has 0 aliphatic carbocycles. The molecular formula is C13H18ClN5. The van der Waals surface area contributed by atoms with E-state index in [-0.39, 0.29) is 6.04 Å². The molecule has 2 rings (SSSR count). The van der Waals surface area contributed by atoms with Crippen molar-refractivity contribution < 1.29 is 0 Å². The Morgan fingerprint density at radius 3 is 3.00 bits per heavy atom. The maximum atomic E-state index is 6.15. The van der Waals surface area contributed by atoms with Crippen LogP contribution in [0.25, 0.3) is 0 Å². The van der Waals surface area contributed by atoms with Gasteiger partial charge in [0.05, 0.1) is 11.1 Å². The van der Waals surface area contributed by atoms with Gasteiger partial charge in [0.1, 0.15) is 5.82 Å². The maximum Gasteiger partial charge on any atom is 0.110 e. The number of hydrogen-bond donors (Lipinski definition) is 2. The van der Waals surface area contributed by atoms with Gasteiger partial charge in [-0.1, -0.05) is 18.5 Å². The molecule has 0 bridgehead atoms. The highest BCUT2D eigenvalue weighted by atomic mass is 35.5. The zero-order chi connectivity index (χ0) is 13.7. The number of imidazole rings is 1. The van der Waals surface area contributed by atoms with E-state index >= 15 is 0 Å². The molecule has 0 fully saturated rings. The van der Waals surface area contributed by atoms with E-state index in [1.165, 1.54) is 0 Å². The van der Waals surface area contributed by atoms with E-state index in [4.69, 9.17) is 17.4 Å². The Labute approximate surface area is 117 Å². The Hall–Kier alpha value is -1.43. The lowest BCUT2D eigenvalue weighted by Crippen LogP contribution is -2.30. The number of nitrogens with two attached hydrogens (primary N) is 1. The van der Waals surface area contributed by atoms with Gasteiger partial charge in [-0.25, -0.2) is 4.98 Å². The van der Waals surface area contributed by atoms with Crippen LogP contribution >= 0.6 is 11.6 Å². The molecule has 6 heteroatoms. The molecule has 2 aromatic rings. The zero-order valence-corrected chi connectivity index (χ0v) is 11.6. The van der Waals surface area contributed by atoms with E-state index in [1.807, 2.05) is 18.5 Å². The first-order chi connectivity index (χ1) is 9.26. The van der Waals surface area contributed by atoms with E-state index in [1.54, 1.807) is 12.4 Å². The molecule has 0 saturated carbocycles. The largest absolute Gasteiger partial charge is 0.335 e. The van der Waals surface area contributed by atoms with E-state index in [0.717, 1.165) is 24.4 Å². The van der Waals surface area contributed by atoms with Crippen LogP contribution in [0, 0.1) is 0 Å². The fourth-order valence-electron chi connectivity index (χ4n) is 2.08. The summed E-state index contributed by atoms with van der Waals surface area (Å²) in [6, 6.07) is 1.80. The van der Waals surface area contributed by atoms with Gasteiger partial charge in [0.2, 0.25) is 0 Å². The summed E-state index contributed by atoms with van der Waals surface area (Å²) in [6.07, 6.45) is 8.89. The van der Waals surface area contributed by atoms with E-state index in [2.05, 4.69) is 26.9 Å². The highest BCUT2D eigenvalue weighted by Gasteiger charge is 2.16. The summed E-state index contributed by atoms with van der Waals surface area (Å²) in [4.78, 5) is 8.37. The van der Waals surface area contributed by atoms with Crippen molar-refractivity contribution in [1.29, 1.82) is 0 Å². The van der Waals surface area contributed by atoms with Crippen molar-refractivity contribution in [3.63, 3.8) is 0 Å². The quantitative estimate of drug-likeness (QED) is 0.628. The van der Waals surface area contributed by atoms with Crippen LogP contribution in [0.5, 0.6) is 0 Å². The number of nitrogens with one attached hydrogen (secondary N) is 1. The standard InChI is InChI=1S/C13H18ClN5/c1-2-6-19-7-5-17-13(19)8-12(18-15)10-3-4-16-9-11(10)14/h3-5,7,9,12,18H,2,6,8,15H2,1H3. The van der Waals surface area contributed by atoms with Crippen LogP contribution in [0.15, 0.2) is 30.9 Å². The molecule has 19 heavy (non-hydrogen) atoms. The number of halogens is 1. The number of rotatable bonds is 6. The topological polar surface area (TPSA) is 68.8 Å². The summed E-state index contributed by atoms with van der Waals surface area (Å²) >= 11 is 6.15. The molecule has 0 spiro atoms. The predicted octanol–water partition coefficient (Wildman–Crippen LogP) is 2.09. The summed E-state index contributed by atoms with van der Waals surface area (Å²) in [5.41, 5.74) is 3.74. The first-order valence-corrected chi connectivity index (χ1v) is 6.69. The van der Waals surface area contributed by atoms with Gasteiger partial charge < -0.3 is 4.57 Å². The van der Waals surface area contributed by atoms with E-state index < -0.39 is 0 Å². The van der Waals surface area contributed by atoms with Crippen molar-refractivity contribution in [2.45, 2.75) is 32.4 Å². The average Bonchev–Trinajstić information content (AvgIpc) is 2.85. The number of pyridine rings is 1. The Morgan fingerprint density at radius 2 is 2.32 bits per heavy atom. The SMILES string of the molecule is CCCn1ccnc1CC(NN)c1ccncc1Cl. The first-order valence-electron chi connectivity index (χ1n) is 6.31. The van der Waals surface area contributed by atoms with Crippen LogP contribution in [0.2, 0.25) is 5.02 Å². The van der Waals surface area contributed by atoms with Gasteiger partial charge in [-0.3, -0.25) is 16.3 Å². The minimum absolute atomic E-state index is 0.0755. The second-order valence-electron chi connectivity index (χ2n) is 4.36. The van der Waals surface area contributed by atoms with E-state index in [0.29, 0.717) is 11.4 Å². The molecule has 5 nitrogen and oxygen atoms in total. The summed E-state index contributed by atoms with van der Waals surface area (Å²) in [5, 5.41) is 0.610. The normalized spacial score (nSPS) is 12.6. The van der Waals surface area contributed by atoms with Crippen LogP contribution in [0.3, 0.4) is 0 Å². The summed E-state index contributed by atoms with van der Waals surface area (Å²) < 4.78 is 2.14. The molecule has 0 radical (unpaired) electrons. The molecule has 0 aromatic carbocycles. The molecule has 3 N–H and O–H groups in total. The van der Waals surface area contributed by atoms with Crippen molar-refractivity contribution in [3.8, 4) is 0 Å². The average molecular weight is 280 g/mol.